The number of benzene rings is 1. The summed E-state index contributed by atoms with van der Waals surface area (Å²) in [6, 6.07) is 6.71. The second kappa shape index (κ2) is 5.44. The summed E-state index contributed by atoms with van der Waals surface area (Å²) < 4.78 is 15.1. The molecule has 0 fully saturated rings. The van der Waals surface area contributed by atoms with Gasteiger partial charge in [0, 0.05) is 11.9 Å². The Hall–Kier alpha value is -2.96. The van der Waals surface area contributed by atoms with Crippen molar-refractivity contribution < 1.29 is 9.18 Å². The molecule has 0 aliphatic carbocycles. The summed E-state index contributed by atoms with van der Waals surface area (Å²) in [5, 5.41) is 8.20. The Balaban J connectivity index is 2.07. The van der Waals surface area contributed by atoms with Gasteiger partial charge in [-0.3, -0.25) is 9.48 Å². The monoisotopic (exact) mass is 299 g/mol. The zero-order chi connectivity index (χ0) is 15.7. The number of nitrogens with two attached hydrogens (primary N) is 1. The fourth-order valence-electron chi connectivity index (χ4n) is 2.32. The molecule has 0 aliphatic heterocycles. The van der Waals surface area contributed by atoms with Gasteiger partial charge in [-0.2, -0.15) is 5.10 Å². The Labute approximate surface area is 125 Å². The van der Waals surface area contributed by atoms with Crippen molar-refractivity contribution in [2.45, 2.75) is 13.5 Å². The van der Waals surface area contributed by atoms with Crippen molar-refractivity contribution in [3.8, 4) is 0 Å². The first-order valence-electron chi connectivity index (χ1n) is 6.77. The van der Waals surface area contributed by atoms with Gasteiger partial charge in [0.1, 0.15) is 11.6 Å². The molecule has 1 aromatic carbocycles. The molecule has 0 aliphatic rings. The summed E-state index contributed by atoms with van der Waals surface area (Å²) in [4.78, 5) is 15.4. The first-order valence-corrected chi connectivity index (χ1v) is 6.77. The Morgan fingerprint density at radius 1 is 1.41 bits per heavy atom. The predicted molar refractivity (Wildman–Crippen MR) is 81.4 cm³/mol. The lowest BCUT2D eigenvalue weighted by Crippen LogP contribution is -2.14. The summed E-state index contributed by atoms with van der Waals surface area (Å²) in [6.45, 7) is 2.74. The predicted octanol–water partition coefficient (Wildman–Crippen LogP) is 2.43. The average Bonchev–Trinajstić information content (AvgIpc) is 2.93. The molecule has 3 aromatic rings. The van der Waals surface area contributed by atoms with Crippen LogP contribution in [-0.4, -0.2) is 20.7 Å². The molecule has 0 bridgehead atoms. The van der Waals surface area contributed by atoms with Gasteiger partial charge in [-0.25, -0.2) is 9.37 Å². The van der Waals surface area contributed by atoms with Crippen molar-refractivity contribution in [3.63, 3.8) is 0 Å². The molecule has 0 saturated carbocycles. The maximum atomic E-state index is 13.2. The lowest BCUT2D eigenvalue weighted by molar-refractivity contribution is 0.100. The zero-order valence-corrected chi connectivity index (χ0v) is 11.9. The van der Waals surface area contributed by atoms with Crippen LogP contribution in [0.2, 0.25) is 0 Å². The van der Waals surface area contributed by atoms with Crippen LogP contribution in [0.5, 0.6) is 0 Å². The molecule has 3 rings (SSSR count). The average molecular weight is 299 g/mol. The summed E-state index contributed by atoms with van der Waals surface area (Å²) >= 11 is 0. The minimum Gasteiger partial charge on any atom is -0.365 e. The van der Waals surface area contributed by atoms with E-state index in [-0.39, 0.29) is 11.4 Å². The molecule has 2 aromatic heterocycles. The normalized spacial score (nSPS) is 10.8. The third-order valence-corrected chi connectivity index (χ3v) is 3.36. The third kappa shape index (κ3) is 2.37. The standard InChI is InChI=1S/C15H14FN5O/c1-2-21-13-5-3-4-12(11(13)8-19-21)20-15-10(14(17)22)6-9(16)7-18-15/h3-8H,2H2,1H3,(H2,17,22)(H,18,20). The highest BCUT2D eigenvalue weighted by atomic mass is 19.1. The lowest BCUT2D eigenvalue weighted by Gasteiger charge is -2.10. The van der Waals surface area contributed by atoms with E-state index < -0.39 is 11.7 Å². The van der Waals surface area contributed by atoms with E-state index in [1.165, 1.54) is 0 Å². The van der Waals surface area contributed by atoms with Crippen LogP contribution in [0.1, 0.15) is 17.3 Å². The van der Waals surface area contributed by atoms with Crippen LogP contribution >= 0.6 is 0 Å². The number of carbonyl (C=O) groups excluding carboxylic acids is 1. The molecule has 2 heterocycles. The number of carbonyl (C=O) groups is 1. The number of nitrogens with one attached hydrogen (secondary N) is 1. The summed E-state index contributed by atoms with van der Waals surface area (Å²) in [6.07, 6.45) is 2.76. The Bertz CT molecular complexity index is 858. The number of rotatable bonds is 4. The van der Waals surface area contributed by atoms with E-state index >= 15 is 0 Å². The van der Waals surface area contributed by atoms with Crippen molar-refractivity contribution >= 4 is 28.3 Å². The summed E-state index contributed by atoms with van der Waals surface area (Å²) in [5.74, 6) is -1.15. The zero-order valence-electron chi connectivity index (χ0n) is 11.9. The van der Waals surface area contributed by atoms with Crippen LogP contribution in [0.4, 0.5) is 15.9 Å². The maximum absolute atomic E-state index is 13.2. The smallest absolute Gasteiger partial charge is 0.252 e. The summed E-state index contributed by atoms with van der Waals surface area (Å²) in [7, 11) is 0. The molecule has 0 spiro atoms. The van der Waals surface area contributed by atoms with E-state index in [4.69, 9.17) is 5.73 Å². The SMILES string of the molecule is CCn1ncc2c(Nc3ncc(F)cc3C(N)=O)cccc21. The molecule has 0 radical (unpaired) electrons. The fraction of sp³-hybridized carbons (Fsp3) is 0.133. The highest BCUT2D eigenvalue weighted by molar-refractivity contribution is 6.00. The van der Waals surface area contributed by atoms with Gasteiger partial charge >= 0.3 is 0 Å². The number of aromatic nitrogens is 3. The number of anilines is 2. The molecule has 7 heteroatoms. The minimum atomic E-state index is -0.745. The van der Waals surface area contributed by atoms with Crippen LogP contribution < -0.4 is 11.1 Å². The fourth-order valence-corrected chi connectivity index (χ4v) is 2.32. The molecule has 112 valence electrons. The highest BCUT2D eigenvalue weighted by Gasteiger charge is 2.13. The number of hydrogen-bond acceptors (Lipinski definition) is 4. The third-order valence-electron chi connectivity index (χ3n) is 3.36. The number of fused-ring (bicyclic) bond motifs is 1. The number of aryl methyl sites for hydroxylation is 1. The van der Waals surface area contributed by atoms with Gasteiger partial charge in [-0.05, 0) is 25.1 Å². The molecule has 1 amide bonds. The van der Waals surface area contributed by atoms with Crippen molar-refractivity contribution in [2.24, 2.45) is 5.73 Å². The number of halogens is 1. The second-order valence-electron chi connectivity index (χ2n) is 4.74. The molecular formula is C15H14FN5O. The minimum absolute atomic E-state index is 0.000105. The van der Waals surface area contributed by atoms with Crippen LogP contribution in [0, 0.1) is 5.82 Å². The first kappa shape index (κ1) is 14.0. The molecule has 0 unspecified atom stereocenters. The van der Waals surface area contributed by atoms with E-state index in [9.17, 15) is 9.18 Å². The Morgan fingerprint density at radius 3 is 2.95 bits per heavy atom. The molecule has 6 nitrogen and oxygen atoms in total. The van der Waals surface area contributed by atoms with Gasteiger partial charge in [-0.1, -0.05) is 6.07 Å². The van der Waals surface area contributed by atoms with Gasteiger partial charge in [0.15, 0.2) is 0 Å². The van der Waals surface area contributed by atoms with Gasteiger partial charge in [-0.15, -0.1) is 0 Å². The van der Waals surface area contributed by atoms with Crippen molar-refractivity contribution in [3.05, 3.63) is 48.0 Å². The maximum Gasteiger partial charge on any atom is 0.252 e. The quantitative estimate of drug-likeness (QED) is 0.774. The van der Waals surface area contributed by atoms with Crippen molar-refractivity contribution in [1.29, 1.82) is 0 Å². The van der Waals surface area contributed by atoms with Crippen LogP contribution in [0.25, 0.3) is 10.9 Å². The van der Waals surface area contributed by atoms with E-state index in [2.05, 4.69) is 15.4 Å². The Kier molecular flexibility index (Phi) is 3.46. The van der Waals surface area contributed by atoms with E-state index in [0.29, 0.717) is 0 Å². The first-order chi connectivity index (χ1) is 10.6. The Morgan fingerprint density at radius 2 is 2.23 bits per heavy atom. The number of nitrogens with zero attached hydrogens (tertiary/aromatic N) is 3. The van der Waals surface area contributed by atoms with E-state index in [1.807, 2.05) is 29.8 Å². The number of primary amides is 1. The molecule has 22 heavy (non-hydrogen) atoms. The van der Waals surface area contributed by atoms with Gasteiger partial charge < -0.3 is 11.1 Å². The van der Waals surface area contributed by atoms with Crippen molar-refractivity contribution in [2.75, 3.05) is 5.32 Å². The molecular weight excluding hydrogens is 285 g/mol. The number of hydrogen-bond donors (Lipinski definition) is 2. The van der Waals surface area contributed by atoms with Crippen molar-refractivity contribution in [1.82, 2.24) is 14.8 Å². The molecule has 0 atom stereocenters. The number of pyridine rings is 1. The van der Waals surface area contributed by atoms with Gasteiger partial charge in [0.2, 0.25) is 0 Å². The van der Waals surface area contributed by atoms with E-state index in [1.54, 1.807) is 6.20 Å². The largest absolute Gasteiger partial charge is 0.365 e. The molecule has 3 N–H and O–H groups in total. The summed E-state index contributed by atoms with van der Waals surface area (Å²) in [5.41, 5.74) is 6.95. The van der Waals surface area contributed by atoms with Crippen LogP contribution in [-0.2, 0) is 6.54 Å². The lowest BCUT2D eigenvalue weighted by atomic mass is 10.2. The molecule has 0 saturated heterocycles. The highest BCUT2D eigenvalue weighted by Crippen LogP contribution is 2.27. The topological polar surface area (TPSA) is 85.8 Å². The van der Waals surface area contributed by atoms with E-state index in [0.717, 1.165) is 35.4 Å². The number of amides is 1. The van der Waals surface area contributed by atoms with Gasteiger partial charge in [0.05, 0.1) is 29.2 Å². The second-order valence-corrected chi connectivity index (χ2v) is 4.74. The van der Waals surface area contributed by atoms with Gasteiger partial charge in [0.25, 0.3) is 5.91 Å². The van der Waals surface area contributed by atoms with Crippen LogP contribution in [0.3, 0.4) is 0 Å². The van der Waals surface area contributed by atoms with Crippen LogP contribution in [0.15, 0.2) is 36.7 Å².